The maximum absolute atomic E-state index is 13.2. The molecule has 2 heterocycles. The highest BCUT2D eigenvalue weighted by Crippen LogP contribution is 2.51. The largest absolute Gasteiger partial charge is 0.461 e. The van der Waals surface area contributed by atoms with Crippen molar-refractivity contribution < 1.29 is 19.4 Å². The van der Waals surface area contributed by atoms with Gasteiger partial charge in [0.1, 0.15) is 6.10 Å². The molecule has 1 spiro atoms. The summed E-state index contributed by atoms with van der Waals surface area (Å²) in [5.41, 5.74) is -1.56. The number of piperazine rings is 1. The molecule has 184 valence electrons. The number of hydrogen-bond acceptors (Lipinski definition) is 6. The SMILES string of the molecule is CCCCCCC(CCC)C(=O)OC1CCCC12CNCCC2(O)CN1CCNCC1=O. The van der Waals surface area contributed by atoms with Gasteiger partial charge in [0.2, 0.25) is 5.91 Å². The molecule has 7 heteroatoms. The van der Waals surface area contributed by atoms with E-state index in [2.05, 4.69) is 24.5 Å². The highest BCUT2D eigenvalue weighted by Gasteiger charge is 2.60. The fourth-order valence-electron chi connectivity index (χ4n) is 6.11. The van der Waals surface area contributed by atoms with E-state index in [0.717, 1.165) is 58.0 Å². The second kappa shape index (κ2) is 11.8. The van der Waals surface area contributed by atoms with Crippen LogP contribution in [-0.4, -0.2) is 72.9 Å². The Hall–Kier alpha value is -1.18. The molecule has 7 nitrogen and oxygen atoms in total. The van der Waals surface area contributed by atoms with Crippen LogP contribution in [0.2, 0.25) is 0 Å². The standard InChI is InChI=1S/C25H45N3O4/c1-3-5-6-7-10-20(9-4-2)23(30)32-21-11-8-12-24(21)18-27-14-13-25(24,31)19-28-16-15-26-17-22(28)29/h20-21,26-27,31H,3-19H2,1-2H3. The van der Waals surface area contributed by atoms with Crippen LogP contribution in [0, 0.1) is 11.3 Å². The van der Waals surface area contributed by atoms with Crippen LogP contribution in [0.25, 0.3) is 0 Å². The fourth-order valence-corrected chi connectivity index (χ4v) is 6.11. The molecule has 2 aliphatic heterocycles. The van der Waals surface area contributed by atoms with Crippen molar-refractivity contribution in [2.24, 2.45) is 11.3 Å². The normalized spacial score (nSPS) is 31.8. The highest BCUT2D eigenvalue weighted by molar-refractivity contribution is 5.79. The number of esters is 1. The van der Waals surface area contributed by atoms with Crippen molar-refractivity contribution in [3.8, 4) is 0 Å². The lowest BCUT2D eigenvalue weighted by molar-refractivity contribution is -0.189. The van der Waals surface area contributed by atoms with E-state index in [0.29, 0.717) is 32.6 Å². The molecule has 4 atom stereocenters. The van der Waals surface area contributed by atoms with Crippen molar-refractivity contribution in [3.63, 3.8) is 0 Å². The molecule has 4 unspecified atom stereocenters. The molecule has 1 saturated carbocycles. The van der Waals surface area contributed by atoms with Crippen LogP contribution >= 0.6 is 0 Å². The Morgan fingerprint density at radius 3 is 2.75 bits per heavy atom. The first-order chi connectivity index (χ1) is 15.5. The number of rotatable bonds is 11. The van der Waals surface area contributed by atoms with Crippen molar-refractivity contribution in [3.05, 3.63) is 0 Å². The quantitative estimate of drug-likeness (QED) is 0.330. The molecule has 1 amide bonds. The third-order valence-electron chi connectivity index (χ3n) is 8.06. The monoisotopic (exact) mass is 451 g/mol. The summed E-state index contributed by atoms with van der Waals surface area (Å²) >= 11 is 0. The second-order valence-corrected chi connectivity index (χ2v) is 10.3. The van der Waals surface area contributed by atoms with Crippen LogP contribution in [0.4, 0.5) is 0 Å². The highest BCUT2D eigenvalue weighted by atomic mass is 16.5. The maximum atomic E-state index is 13.2. The van der Waals surface area contributed by atoms with Gasteiger partial charge in [0.25, 0.3) is 0 Å². The van der Waals surface area contributed by atoms with E-state index in [1.165, 1.54) is 19.3 Å². The number of piperidine rings is 1. The average Bonchev–Trinajstić information content (AvgIpc) is 3.18. The van der Waals surface area contributed by atoms with Gasteiger partial charge in [0, 0.05) is 19.6 Å². The van der Waals surface area contributed by atoms with Crippen LogP contribution in [0.1, 0.15) is 84.5 Å². The summed E-state index contributed by atoms with van der Waals surface area (Å²) in [4.78, 5) is 27.5. The van der Waals surface area contributed by atoms with Crippen LogP contribution in [0.5, 0.6) is 0 Å². The van der Waals surface area contributed by atoms with Gasteiger partial charge in [-0.15, -0.1) is 0 Å². The minimum Gasteiger partial charge on any atom is -0.461 e. The number of nitrogens with zero attached hydrogens (tertiary/aromatic N) is 1. The van der Waals surface area contributed by atoms with Gasteiger partial charge in [-0.1, -0.05) is 46.0 Å². The zero-order chi connectivity index (χ0) is 23.0. The number of nitrogens with one attached hydrogen (secondary N) is 2. The Morgan fingerprint density at radius 2 is 2.00 bits per heavy atom. The van der Waals surface area contributed by atoms with Gasteiger partial charge < -0.3 is 25.4 Å². The van der Waals surface area contributed by atoms with Gasteiger partial charge in [-0.25, -0.2) is 0 Å². The zero-order valence-corrected chi connectivity index (χ0v) is 20.3. The number of carbonyl (C=O) groups excluding carboxylic acids is 2. The van der Waals surface area contributed by atoms with Gasteiger partial charge in [0.15, 0.2) is 0 Å². The van der Waals surface area contributed by atoms with E-state index in [1.54, 1.807) is 4.90 Å². The Morgan fingerprint density at radius 1 is 1.16 bits per heavy atom. The molecule has 3 aliphatic rings. The molecule has 1 aliphatic carbocycles. The van der Waals surface area contributed by atoms with Gasteiger partial charge in [0.05, 0.1) is 30.0 Å². The first-order valence-electron chi connectivity index (χ1n) is 13.1. The van der Waals surface area contributed by atoms with Crippen molar-refractivity contribution in [2.75, 3.05) is 39.3 Å². The summed E-state index contributed by atoms with van der Waals surface area (Å²) < 4.78 is 6.23. The number of amides is 1. The molecule has 0 aromatic carbocycles. The van der Waals surface area contributed by atoms with E-state index in [1.807, 2.05) is 0 Å². The molecular formula is C25H45N3O4. The lowest BCUT2D eigenvalue weighted by atomic mass is 9.65. The maximum Gasteiger partial charge on any atom is 0.309 e. The Kier molecular flexibility index (Phi) is 9.38. The summed E-state index contributed by atoms with van der Waals surface area (Å²) in [6, 6.07) is 0. The first-order valence-corrected chi connectivity index (χ1v) is 13.1. The summed E-state index contributed by atoms with van der Waals surface area (Å²) in [5.74, 6) is -0.0883. The summed E-state index contributed by atoms with van der Waals surface area (Å²) in [6.07, 6.45) is 10.2. The van der Waals surface area contributed by atoms with Crippen LogP contribution in [0.3, 0.4) is 0 Å². The molecule has 32 heavy (non-hydrogen) atoms. The molecule has 0 aromatic heterocycles. The van der Waals surface area contributed by atoms with Gasteiger partial charge in [-0.05, 0) is 45.1 Å². The summed E-state index contributed by atoms with van der Waals surface area (Å²) in [7, 11) is 0. The van der Waals surface area contributed by atoms with E-state index < -0.39 is 11.0 Å². The van der Waals surface area contributed by atoms with Gasteiger partial charge >= 0.3 is 5.97 Å². The predicted octanol–water partition coefficient (Wildman–Crippen LogP) is 2.61. The summed E-state index contributed by atoms with van der Waals surface area (Å²) in [6.45, 7) is 7.71. The molecule has 3 N–H and O–H groups in total. The molecule has 0 aromatic rings. The number of hydrogen-bond donors (Lipinski definition) is 3. The molecular weight excluding hydrogens is 406 g/mol. The lowest BCUT2D eigenvalue weighted by Crippen LogP contribution is -2.68. The van der Waals surface area contributed by atoms with Crippen molar-refractivity contribution in [2.45, 2.75) is 96.2 Å². The Bertz CT molecular complexity index is 630. The second-order valence-electron chi connectivity index (χ2n) is 10.3. The molecule has 0 radical (unpaired) electrons. The number of β-amino-alcohol motifs (C(OH)–C–C–N with tert-alkyl or cyclic N) is 1. The van der Waals surface area contributed by atoms with E-state index in [4.69, 9.17) is 4.74 Å². The summed E-state index contributed by atoms with van der Waals surface area (Å²) in [5, 5.41) is 18.5. The minimum atomic E-state index is -1.03. The minimum absolute atomic E-state index is 0.0417. The van der Waals surface area contributed by atoms with E-state index in [-0.39, 0.29) is 23.9 Å². The number of carbonyl (C=O) groups is 2. The lowest BCUT2D eigenvalue weighted by Gasteiger charge is -2.53. The predicted molar refractivity (Wildman–Crippen MR) is 125 cm³/mol. The number of unbranched alkanes of at least 4 members (excludes halogenated alkanes) is 3. The van der Waals surface area contributed by atoms with Crippen LogP contribution in [0.15, 0.2) is 0 Å². The third-order valence-corrected chi connectivity index (χ3v) is 8.06. The zero-order valence-electron chi connectivity index (χ0n) is 20.3. The third kappa shape index (κ3) is 5.65. The number of ether oxygens (including phenoxy) is 1. The number of aliphatic hydroxyl groups is 1. The molecule has 3 rings (SSSR count). The smallest absolute Gasteiger partial charge is 0.309 e. The molecule has 2 saturated heterocycles. The van der Waals surface area contributed by atoms with E-state index in [9.17, 15) is 14.7 Å². The molecule has 3 fully saturated rings. The van der Waals surface area contributed by atoms with Crippen molar-refractivity contribution >= 4 is 11.9 Å². The van der Waals surface area contributed by atoms with Crippen LogP contribution < -0.4 is 10.6 Å². The van der Waals surface area contributed by atoms with E-state index >= 15 is 0 Å². The first kappa shape index (κ1) is 25.4. The van der Waals surface area contributed by atoms with Crippen LogP contribution in [-0.2, 0) is 14.3 Å². The topological polar surface area (TPSA) is 90.9 Å². The molecule has 0 bridgehead atoms. The fraction of sp³-hybridized carbons (Fsp3) is 0.920. The average molecular weight is 452 g/mol. The Labute approximate surface area is 194 Å². The van der Waals surface area contributed by atoms with Crippen molar-refractivity contribution in [1.82, 2.24) is 15.5 Å². The van der Waals surface area contributed by atoms with Gasteiger partial charge in [-0.2, -0.15) is 0 Å². The van der Waals surface area contributed by atoms with Gasteiger partial charge in [-0.3, -0.25) is 9.59 Å². The Balaban J connectivity index is 1.71. The van der Waals surface area contributed by atoms with Crippen molar-refractivity contribution in [1.29, 1.82) is 0 Å².